The third-order valence-corrected chi connectivity index (χ3v) is 5.97. The van der Waals surface area contributed by atoms with E-state index in [1.54, 1.807) is 0 Å². The number of hydrogen-bond donors (Lipinski definition) is 1. The van der Waals surface area contributed by atoms with Crippen LogP contribution in [-0.4, -0.2) is 30.0 Å². The van der Waals surface area contributed by atoms with E-state index in [0.29, 0.717) is 23.5 Å². The molecule has 2 heterocycles. The van der Waals surface area contributed by atoms with Crippen molar-refractivity contribution in [2.75, 3.05) is 20.1 Å². The number of rotatable bonds is 2. The van der Waals surface area contributed by atoms with Gasteiger partial charge in [-0.25, -0.2) is 0 Å². The van der Waals surface area contributed by atoms with Gasteiger partial charge in [0, 0.05) is 35.9 Å². The first-order chi connectivity index (χ1) is 12.4. The maximum absolute atomic E-state index is 11.1. The van der Waals surface area contributed by atoms with Crippen LogP contribution in [0.25, 0.3) is 0 Å². The maximum atomic E-state index is 11.1. The van der Waals surface area contributed by atoms with Crippen LogP contribution in [0.2, 0.25) is 0 Å². The molecule has 26 heavy (non-hydrogen) atoms. The van der Waals surface area contributed by atoms with Crippen LogP contribution in [0.5, 0.6) is 0 Å². The Labute approximate surface area is 153 Å². The number of hydrogen-bond acceptors (Lipinski definition) is 8. The summed E-state index contributed by atoms with van der Waals surface area (Å²) in [5.74, 6) is -1.00. The molecule has 0 radical (unpaired) electrons. The first-order valence-corrected chi connectivity index (χ1v) is 8.62. The van der Waals surface area contributed by atoms with Crippen molar-refractivity contribution in [3.8, 4) is 18.2 Å². The van der Waals surface area contributed by atoms with Crippen LogP contribution >= 0.6 is 11.3 Å². The monoisotopic (exact) mass is 366 g/mol. The number of nitrogens with two attached hydrogens (primary N) is 1. The average Bonchev–Trinajstić information content (AvgIpc) is 3.11. The molecule has 2 N–H and O–H groups in total. The number of allylic oxidation sites excluding steroid dienone is 2. The number of nitrogens with zero attached hydrogens (tertiary/aromatic N) is 5. The fourth-order valence-electron chi connectivity index (χ4n) is 3.73. The number of nitro groups is 1. The Kier molecular flexibility index (Phi) is 4.25. The van der Waals surface area contributed by atoms with Gasteiger partial charge in [0.15, 0.2) is 5.41 Å². The van der Waals surface area contributed by atoms with Gasteiger partial charge >= 0.3 is 0 Å². The van der Waals surface area contributed by atoms with Crippen molar-refractivity contribution in [1.29, 1.82) is 15.8 Å². The normalized spacial score (nSPS) is 24.6. The molecule has 130 valence electrons. The second-order valence-electron chi connectivity index (χ2n) is 6.36. The summed E-state index contributed by atoms with van der Waals surface area (Å²) >= 11 is 1.13. The standard InChI is InChI=1S/C17H14N6O2S/c1-22-3-2-11-12(5-18)16(21)17(8-19,9-20)15(13(11)6-22)14-4-10(7-26-14)23(24)25/h2,4,7,13,15H,3,6,21H2,1H3. The van der Waals surface area contributed by atoms with Gasteiger partial charge in [-0.15, -0.1) is 11.3 Å². The van der Waals surface area contributed by atoms with E-state index >= 15 is 0 Å². The van der Waals surface area contributed by atoms with E-state index in [9.17, 15) is 25.9 Å². The summed E-state index contributed by atoms with van der Waals surface area (Å²) in [6.45, 7) is 1.14. The van der Waals surface area contributed by atoms with Crippen molar-refractivity contribution in [3.63, 3.8) is 0 Å². The molecule has 1 aliphatic carbocycles. The molecule has 9 heteroatoms. The Morgan fingerprint density at radius 3 is 2.65 bits per heavy atom. The first-order valence-electron chi connectivity index (χ1n) is 7.74. The Hall–Kier alpha value is -3.19. The van der Waals surface area contributed by atoms with Gasteiger partial charge in [0.1, 0.15) is 6.07 Å². The number of fused-ring (bicyclic) bond motifs is 1. The van der Waals surface area contributed by atoms with Crippen molar-refractivity contribution in [2.24, 2.45) is 17.1 Å². The third kappa shape index (κ3) is 2.36. The van der Waals surface area contributed by atoms with Gasteiger partial charge < -0.3 is 10.6 Å². The highest BCUT2D eigenvalue weighted by Crippen LogP contribution is 2.55. The predicted octanol–water partition coefficient (Wildman–Crippen LogP) is 2.01. The lowest BCUT2D eigenvalue weighted by Crippen LogP contribution is -2.47. The molecule has 0 fully saturated rings. The van der Waals surface area contributed by atoms with Gasteiger partial charge in [-0.2, -0.15) is 15.8 Å². The maximum Gasteiger partial charge on any atom is 0.280 e. The second-order valence-corrected chi connectivity index (χ2v) is 7.30. The van der Waals surface area contributed by atoms with Gasteiger partial charge in [-0.3, -0.25) is 10.1 Å². The van der Waals surface area contributed by atoms with Gasteiger partial charge in [0.2, 0.25) is 0 Å². The molecule has 1 aliphatic heterocycles. The lowest BCUT2D eigenvalue weighted by atomic mass is 9.59. The van der Waals surface area contributed by atoms with Crippen molar-refractivity contribution in [2.45, 2.75) is 5.92 Å². The molecule has 0 amide bonds. The molecule has 2 atom stereocenters. The van der Waals surface area contributed by atoms with Crippen LogP contribution in [0.4, 0.5) is 5.69 Å². The zero-order valence-corrected chi connectivity index (χ0v) is 14.7. The smallest absolute Gasteiger partial charge is 0.280 e. The molecule has 0 saturated heterocycles. The molecule has 8 nitrogen and oxygen atoms in total. The summed E-state index contributed by atoms with van der Waals surface area (Å²) in [5.41, 5.74) is 5.14. The van der Waals surface area contributed by atoms with E-state index in [1.807, 2.05) is 36.2 Å². The zero-order valence-electron chi connectivity index (χ0n) is 13.8. The van der Waals surface area contributed by atoms with E-state index in [1.165, 1.54) is 11.4 Å². The fourth-order valence-corrected chi connectivity index (χ4v) is 4.82. The quantitative estimate of drug-likeness (QED) is 0.622. The summed E-state index contributed by atoms with van der Waals surface area (Å²) in [6.07, 6.45) is 1.88. The highest BCUT2D eigenvalue weighted by molar-refractivity contribution is 7.10. The van der Waals surface area contributed by atoms with Crippen LogP contribution < -0.4 is 5.73 Å². The van der Waals surface area contributed by atoms with Gasteiger partial charge in [0.05, 0.1) is 33.7 Å². The van der Waals surface area contributed by atoms with Crippen LogP contribution in [0.3, 0.4) is 0 Å². The average molecular weight is 366 g/mol. The zero-order chi connectivity index (χ0) is 19.1. The van der Waals surface area contributed by atoms with E-state index in [2.05, 4.69) is 0 Å². The first kappa shape index (κ1) is 17.6. The Morgan fingerprint density at radius 1 is 1.42 bits per heavy atom. The largest absolute Gasteiger partial charge is 0.399 e. The summed E-state index contributed by atoms with van der Waals surface area (Å²) < 4.78 is 0. The minimum atomic E-state index is -1.75. The van der Waals surface area contributed by atoms with Crippen molar-refractivity contribution >= 4 is 17.0 Å². The van der Waals surface area contributed by atoms with E-state index in [4.69, 9.17) is 5.73 Å². The molecule has 0 bridgehead atoms. The van der Waals surface area contributed by atoms with Gasteiger partial charge in [-0.05, 0) is 12.6 Å². The summed E-state index contributed by atoms with van der Waals surface area (Å²) in [5, 5.41) is 41.8. The fraction of sp³-hybridized carbons (Fsp3) is 0.353. The SMILES string of the molecule is CN1CC=C2C(C#N)=C(N)C(C#N)(C#N)C(c3cc([N+](=O)[O-])cs3)C2C1. The number of nitriles is 3. The van der Waals surface area contributed by atoms with Gasteiger partial charge in [0.25, 0.3) is 5.69 Å². The molecule has 3 rings (SSSR count). The van der Waals surface area contributed by atoms with Crippen molar-refractivity contribution < 1.29 is 4.92 Å². The summed E-state index contributed by atoms with van der Waals surface area (Å²) in [6, 6.07) is 7.47. The highest BCUT2D eigenvalue weighted by atomic mass is 32.1. The highest BCUT2D eigenvalue weighted by Gasteiger charge is 2.55. The lowest BCUT2D eigenvalue weighted by molar-refractivity contribution is -0.384. The summed E-state index contributed by atoms with van der Waals surface area (Å²) in [7, 11) is 1.90. The van der Waals surface area contributed by atoms with Crippen molar-refractivity contribution in [3.05, 3.63) is 49.4 Å². The van der Waals surface area contributed by atoms with Crippen LogP contribution in [0.1, 0.15) is 10.8 Å². The Morgan fingerprint density at radius 2 is 2.12 bits per heavy atom. The van der Waals surface area contributed by atoms with Gasteiger partial charge in [-0.1, -0.05) is 6.08 Å². The Balaban J connectivity index is 2.30. The third-order valence-electron chi connectivity index (χ3n) is 4.97. The molecule has 0 spiro atoms. The molecule has 0 saturated carbocycles. The number of likely N-dealkylation sites (N-methyl/N-ethyl adjacent to an activating group) is 1. The topological polar surface area (TPSA) is 144 Å². The van der Waals surface area contributed by atoms with E-state index < -0.39 is 16.3 Å². The lowest BCUT2D eigenvalue weighted by Gasteiger charge is -2.44. The molecule has 1 aromatic heterocycles. The minimum absolute atomic E-state index is 0.0712. The van der Waals surface area contributed by atoms with Crippen LogP contribution in [-0.2, 0) is 0 Å². The predicted molar refractivity (Wildman–Crippen MR) is 93.3 cm³/mol. The molecule has 0 aromatic carbocycles. The molecular weight excluding hydrogens is 352 g/mol. The van der Waals surface area contributed by atoms with E-state index in [0.717, 1.165) is 11.3 Å². The number of thiophene rings is 1. The molecular formula is C17H14N6O2S. The molecule has 1 aromatic rings. The van der Waals surface area contributed by atoms with Crippen LogP contribution in [0, 0.1) is 55.4 Å². The van der Waals surface area contributed by atoms with E-state index in [-0.39, 0.29) is 22.9 Å². The summed E-state index contributed by atoms with van der Waals surface area (Å²) in [4.78, 5) is 13.1. The molecule has 2 aliphatic rings. The minimum Gasteiger partial charge on any atom is -0.399 e. The van der Waals surface area contributed by atoms with Crippen LogP contribution in [0.15, 0.2) is 34.4 Å². The second kappa shape index (κ2) is 6.27. The van der Waals surface area contributed by atoms with Crippen molar-refractivity contribution in [1.82, 2.24) is 4.90 Å². The Bertz CT molecular complexity index is 957. The molecule has 2 unspecified atom stereocenters.